The van der Waals surface area contributed by atoms with Gasteiger partial charge >= 0.3 is 5.97 Å². The molecule has 0 aromatic heterocycles. The van der Waals surface area contributed by atoms with Gasteiger partial charge < -0.3 is 9.84 Å². The molecule has 88 valence electrons. The molecule has 4 heteroatoms. The van der Waals surface area contributed by atoms with Crippen LogP contribution in [-0.4, -0.2) is 48.3 Å². The van der Waals surface area contributed by atoms with Crippen molar-refractivity contribution in [1.29, 1.82) is 0 Å². The lowest BCUT2D eigenvalue weighted by molar-refractivity contribution is -0.143. The summed E-state index contributed by atoms with van der Waals surface area (Å²) in [6.45, 7) is 3.22. The van der Waals surface area contributed by atoms with Crippen molar-refractivity contribution in [2.45, 2.75) is 44.8 Å². The van der Waals surface area contributed by atoms with Crippen molar-refractivity contribution in [3.05, 3.63) is 0 Å². The molecule has 1 aliphatic rings. The number of ether oxygens (including phenoxy) is 1. The summed E-state index contributed by atoms with van der Waals surface area (Å²) in [5.74, 6) is -0.220. The first-order valence-electron chi connectivity index (χ1n) is 5.68. The van der Waals surface area contributed by atoms with E-state index in [9.17, 15) is 9.90 Å². The van der Waals surface area contributed by atoms with Crippen molar-refractivity contribution < 1.29 is 14.6 Å². The van der Waals surface area contributed by atoms with Crippen molar-refractivity contribution in [3.63, 3.8) is 0 Å². The van der Waals surface area contributed by atoms with Gasteiger partial charge in [0.05, 0.1) is 19.8 Å². The normalized spacial score (nSPS) is 25.9. The summed E-state index contributed by atoms with van der Waals surface area (Å²) in [7, 11) is 1.40. The van der Waals surface area contributed by atoms with Crippen molar-refractivity contribution in [1.82, 2.24) is 4.90 Å². The zero-order chi connectivity index (χ0) is 11.3. The maximum atomic E-state index is 11.2. The lowest BCUT2D eigenvalue weighted by atomic mass is 10.1. The van der Waals surface area contributed by atoms with Crippen LogP contribution >= 0.6 is 0 Å². The highest BCUT2D eigenvalue weighted by Gasteiger charge is 2.31. The lowest BCUT2D eigenvalue weighted by Crippen LogP contribution is -2.43. The molecule has 15 heavy (non-hydrogen) atoms. The van der Waals surface area contributed by atoms with E-state index in [4.69, 9.17) is 0 Å². The third-order valence-corrected chi connectivity index (χ3v) is 2.98. The second-order valence-corrected chi connectivity index (χ2v) is 4.11. The molecule has 0 heterocycles. The smallest absolute Gasteiger partial charge is 0.319 e. The van der Waals surface area contributed by atoms with Gasteiger partial charge in [0, 0.05) is 6.04 Å². The zero-order valence-electron chi connectivity index (χ0n) is 9.61. The summed E-state index contributed by atoms with van der Waals surface area (Å²) < 4.78 is 4.66. The fourth-order valence-electron chi connectivity index (χ4n) is 2.23. The highest BCUT2D eigenvalue weighted by molar-refractivity contribution is 5.71. The average molecular weight is 215 g/mol. The van der Waals surface area contributed by atoms with Gasteiger partial charge in [0.15, 0.2) is 0 Å². The van der Waals surface area contributed by atoms with E-state index in [-0.39, 0.29) is 18.1 Å². The number of carbonyl (C=O) groups excluding carboxylic acids is 1. The third-order valence-electron chi connectivity index (χ3n) is 2.98. The Labute approximate surface area is 91.2 Å². The molecule has 1 rings (SSSR count). The molecule has 1 saturated carbocycles. The highest BCUT2D eigenvalue weighted by Crippen LogP contribution is 2.24. The van der Waals surface area contributed by atoms with Crippen LogP contribution in [-0.2, 0) is 9.53 Å². The maximum Gasteiger partial charge on any atom is 0.319 e. The fourth-order valence-corrected chi connectivity index (χ4v) is 2.23. The number of esters is 1. The van der Waals surface area contributed by atoms with Crippen LogP contribution < -0.4 is 0 Å². The molecule has 0 aromatic rings. The van der Waals surface area contributed by atoms with Crippen LogP contribution in [0.1, 0.15) is 32.6 Å². The Balaban J connectivity index is 2.52. The Kier molecular flexibility index (Phi) is 5.05. The first-order chi connectivity index (χ1) is 7.19. The fraction of sp³-hybridized carbons (Fsp3) is 0.909. The van der Waals surface area contributed by atoms with E-state index < -0.39 is 0 Å². The largest absolute Gasteiger partial charge is 0.468 e. The molecule has 1 aliphatic carbocycles. The van der Waals surface area contributed by atoms with E-state index in [0.29, 0.717) is 6.54 Å². The van der Waals surface area contributed by atoms with Crippen LogP contribution in [0.25, 0.3) is 0 Å². The molecule has 2 unspecified atom stereocenters. The van der Waals surface area contributed by atoms with Gasteiger partial charge in [-0.25, -0.2) is 0 Å². The number of aliphatic hydroxyl groups excluding tert-OH is 1. The summed E-state index contributed by atoms with van der Waals surface area (Å²) >= 11 is 0. The van der Waals surface area contributed by atoms with E-state index in [2.05, 4.69) is 11.7 Å². The average Bonchev–Trinajstić information content (AvgIpc) is 2.63. The molecule has 2 atom stereocenters. The van der Waals surface area contributed by atoms with Crippen LogP contribution in [0.5, 0.6) is 0 Å². The maximum absolute atomic E-state index is 11.2. The quantitative estimate of drug-likeness (QED) is 0.689. The van der Waals surface area contributed by atoms with Gasteiger partial charge in [-0.3, -0.25) is 9.69 Å². The Morgan fingerprint density at radius 2 is 2.27 bits per heavy atom. The minimum absolute atomic E-state index is 0.143. The topological polar surface area (TPSA) is 49.8 Å². The number of hydrogen-bond acceptors (Lipinski definition) is 4. The molecule has 0 spiro atoms. The van der Waals surface area contributed by atoms with Crippen molar-refractivity contribution in [3.8, 4) is 0 Å². The van der Waals surface area contributed by atoms with E-state index in [1.54, 1.807) is 0 Å². The molecule has 0 radical (unpaired) electrons. The monoisotopic (exact) mass is 215 g/mol. The van der Waals surface area contributed by atoms with Gasteiger partial charge in [-0.1, -0.05) is 6.92 Å². The molecule has 0 bridgehead atoms. The molecular formula is C11H21NO3. The van der Waals surface area contributed by atoms with Crippen LogP contribution in [0.15, 0.2) is 0 Å². The molecular weight excluding hydrogens is 194 g/mol. The van der Waals surface area contributed by atoms with Crippen LogP contribution in [0.3, 0.4) is 0 Å². The summed E-state index contributed by atoms with van der Waals surface area (Å²) in [4.78, 5) is 13.3. The molecule has 0 aromatic carbocycles. The lowest BCUT2D eigenvalue weighted by Gasteiger charge is -2.29. The number of methoxy groups -OCH3 is 1. The van der Waals surface area contributed by atoms with Crippen LogP contribution in [0.4, 0.5) is 0 Å². The minimum atomic E-state index is -0.277. The second-order valence-electron chi connectivity index (χ2n) is 4.11. The number of hydrogen-bond donors (Lipinski definition) is 1. The van der Waals surface area contributed by atoms with Crippen LogP contribution in [0.2, 0.25) is 0 Å². The van der Waals surface area contributed by atoms with Gasteiger partial charge in [-0.05, 0) is 32.2 Å². The highest BCUT2D eigenvalue weighted by atomic mass is 16.5. The van der Waals surface area contributed by atoms with E-state index in [0.717, 1.165) is 32.2 Å². The summed E-state index contributed by atoms with van der Waals surface area (Å²) in [6.07, 6.45) is 3.60. The van der Waals surface area contributed by atoms with E-state index in [1.807, 2.05) is 4.90 Å². The molecule has 0 amide bonds. The Morgan fingerprint density at radius 3 is 2.73 bits per heavy atom. The van der Waals surface area contributed by atoms with Gasteiger partial charge in [0.1, 0.15) is 0 Å². The Hall–Kier alpha value is -0.610. The van der Waals surface area contributed by atoms with Crippen molar-refractivity contribution >= 4 is 5.97 Å². The second kappa shape index (κ2) is 6.08. The molecule has 4 nitrogen and oxygen atoms in total. The first kappa shape index (κ1) is 12.5. The Morgan fingerprint density at radius 1 is 1.53 bits per heavy atom. The zero-order valence-corrected chi connectivity index (χ0v) is 9.61. The van der Waals surface area contributed by atoms with Crippen LogP contribution in [0, 0.1) is 0 Å². The summed E-state index contributed by atoms with van der Waals surface area (Å²) in [5.41, 5.74) is 0. The number of rotatable bonds is 5. The summed E-state index contributed by atoms with van der Waals surface area (Å²) in [5, 5.41) is 9.78. The molecule has 0 aliphatic heterocycles. The predicted molar refractivity (Wildman–Crippen MR) is 57.5 cm³/mol. The molecule has 0 saturated heterocycles. The van der Waals surface area contributed by atoms with Crippen molar-refractivity contribution in [2.75, 3.05) is 20.2 Å². The third kappa shape index (κ3) is 3.47. The van der Waals surface area contributed by atoms with Gasteiger partial charge in [-0.2, -0.15) is 0 Å². The summed E-state index contributed by atoms with van der Waals surface area (Å²) in [6, 6.07) is 0.143. The van der Waals surface area contributed by atoms with Gasteiger partial charge in [-0.15, -0.1) is 0 Å². The first-order valence-corrected chi connectivity index (χ1v) is 5.68. The van der Waals surface area contributed by atoms with E-state index >= 15 is 0 Å². The Bertz CT molecular complexity index is 208. The van der Waals surface area contributed by atoms with Gasteiger partial charge in [0.25, 0.3) is 0 Å². The number of nitrogens with zero attached hydrogens (tertiary/aromatic N) is 1. The predicted octanol–water partition coefficient (Wildman–Crippen LogP) is 0.785. The molecule has 1 N–H and O–H groups in total. The SMILES string of the molecule is CCCN(CC(=O)OC)C1CCCC1O. The number of aliphatic hydroxyl groups is 1. The van der Waals surface area contributed by atoms with Crippen molar-refractivity contribution in [2.24, 2.45) is 0 Å². The van der Waals surface area contributed by atoms with Gasteiger partial charge in [0.2, 0.25) is 0 Å². The number of carbonyl (C=O) groups is 1. The molecule has 1 fully saturated rings. The minimum Gasteiger partial charge on any atom is -0.468 e. The van der Waals surface area contributed by atoms with E-state index in [1.165, 1.54) is 7.11 Å². The standard InChI is InChI=1S/C11H21NO3/c1-3-7-12(8-11(14)15-2)9-5-4-6-10(9)13/h9-10,13H,3-8H2,1-2H3.